The van der Waals surface area contributed by atoms with Gasteiger partial charge in [-0.05, 0) is 0 Å². The average Bonchev–Trinajstić information content (AvgIpc) is 2.67. The van der Waals surface area contributed by atoms with Crippen LogP contribution in [-0.4, -0.2) is 0 Å². The van der Waals surface area contributed by atoms with Crippen molar-refractivity contribution in [1.82, 2.24) is 0 Å². The Labute approximate surface area is 138 Å². The van der Waals surface area contributed by atoms with Gasteiger partial charge < -0.3 is 0 Å². The van der Waals surface area contributed by atoms with Gasteiger partial charge in [-0.2, -0.15) is 0 Å². The number of hydrogen-bond donors (Lipinski definition) is 0. The van der Waals surface area contributed by atoms with Gasteiger partial charge in [0.25, 0.3) is 0 Å². The van der Waals surface area contributed by atoms with Crippen LogP contribution in [0.2, 0.25) is 26.1 Å². The van der Waals surface area contributed by atoms with Crippen LogP contribution in [-0.2, 0) is 12.7 Å². The van der Waals surface area contributed by atoms with E-state index in [9.17, 15) is 0 Å². The van der Waals surface area contributed by atoms with E-state index in [4.69, 9.17) is 0 Å². The van der Waals surface area contributed by atoms with Crippen LogP contribution < -0.4 is 3.87 Å². The van der Waals surface area contributed by atoms with Gasteiger partial charge in [0.15, 0.2) is 0 Å². The van der Waals surface area contributed by atoms with Gasteiger partial charge >= 0.3 is 114 Å². The monoisotopic (exact) mass is 365 g/mol. The number of aryl methyl sites for hydroxylation is 2. The first-order valence-corrected chi connectivity index (χ1v) is 16.8. The second kappa shape index (κ2) is 4.51. The molecule has 0 fully saturated rings. The molecule has 0 radical (unpaired) electrons. The molecule has 0 bridgehead atoms. The van der Waals surface area contributed by atoms with Crippen LogP contribution in [0.3, 0.4) is 0 Å². The van der Waals surface area contributed by atoms with Crippen LogP contribution in [0.5, 0.6) is 0 Å². The molecule has 1 aromatic rings. The fourth-order valence-corrected chi connectivity index (χ4v) is 15.7. The minimum Gasteiger partial charge on any atom is -0.147 e. The standard InChI is InChI=1S/C8H9.C5H5.5CH3.2ClH.Ti/c1-7-4-3-5-8(2)6-7;1-2-4-5-3-1;;;;;;;;/h3-5H,1-2H3;1-3H,4H2;5*1H3;2*1H;. The SMILES string of the molecule is Cc1cccc(C)[c]1[Ti]([CH3])([CH3])([CH3])([CH3])([CH3])[C]1=CC=CC1.Cl.Cl. The van der Waals surface area contributed by atoms with Crippen molar-refractivity contribution in [2.45, 2.75) is 46.4 Å². The van der Waals surface area contributed by atoms with Crippen LogP contribution in [0.25, 0.3) is 0 Å². The van der Waals surface area contributed by atoms with Crippen molar-refractivity contribution in [3.63, 3.8) is 0 Å². The van der Waals surface area contributed by atoms with Gasteiger partial charge in [0.1, 0.15) is 0 Å². The molecule has 0 amide bonds. The molecular weight excluding hydrogens is 335 g/mol. The van der Waals surface area contributed by atoms with E-state index in [2.05, 4.69) is 76.4 Å². The van der Waals surface area contributed by atoms with Crippen molar-refractivity contribution >= 4 is 28.7 Å². The molecule has 0 saturated carbocycles. The summed E-state index contributed by atoms with van der Waals surface area (Å²) in [6.45, 7) is 4.55. The fraction of sp³-hybridized carbons (Fsp3) is 0.444. The molecule has 0 unspecified atom stereocenters. The number of benzene rings is 1. The van der Waals surface area contributed by atoms with Crippen molar-refractivity contribution in [2.24, 2.45) is 0 Å². The summed E-state index contributed by atoms with van der Waals surface area (Å²) >= 11 is -3.89. The van der Waals surface area contributed by atoms with Crippen LogP contribution >= 0.6 is 24.8 Å². The molecule has 0 heterocycles. The van der Waals surface area contributed by atoms with Gasteiger partial charge in [-0.3, -0.25) is 0 Å². The Bertz CT molecular complexity index is 616. The van der Waals surface area contributed by atoms with Crippen LogP contribution in [0.4, 0.5) is 0 Å². The molecule has 121 valence electrons. The number of allylic oxidation sites excluding steroid dienone is 4. The van der Waals surface area contributed by atoms with E-state index in [0.717, 1.165) is 6.42 Å². The molecule has 1 aromatic carbocycles. The Hall–Kier alpha value is -0.00571. The first kappa shape index (κ1) is 21.0. The number of rotatable bonds is 2. The Morgan fingerprint density at radius 1 is 0.857 bits per heavy atom. The third-order valence-corrected chi connectivity index (χ3v) is 17.0. The molecule has 0 spiro atoms. The third kappa shape index (κ3) is 3.20. The molecule has 2 rings (SSSR count). The van der Waals surface area contributed by atoms with E-state index in [0.29, 0.717) is 0 Å². The quantitative estimate of drug-likeness (QED) is 0.516. The van der Waals surface area contributed by atoms with E-state index in [1.165, 1.54) is 11.1 Å². The summed E-state index contributed by atoms with van der Waals surface area (Å²) in [6.07, 6.45) is 8.02. The second-order valence-electron chi connectivity index (χ2n) is 11.2. The van der Waals surface area contributed by atoms with Crippen LogP contribution in [0.1, 0.15) is 17.5 Å². The van der Waals surface area contributed by atoms with Gasteiger partial charge in [0, 0.05) is 0 Å². The maximum atomic E-state index is 2.58. The van der Waals surface area contributed by atoms with E-state index < -0.39 is 12.7 Å². The van der Waals surface area contributed by atoms with Crippen LogP contribution in [0.15, 0.2) is 40.3 Å². The topological polar surface area (TPSA) is 0 Å². The summed E-state index contributed by atoms with van der Waals surface area (Å²) in [4.78, 5) is 0. The van der Waals surface area contributed by atoms with Crippen molar-refractivity contribution in [3.05, 3.63) is 51.4 Å². The zero-order valence-corrected chi connectivity index (χ0v) is 17.7. The van der Waals surface area contributed by atoms with Crippen molar-refractivity contribution in [2.75, 3.05) is 0 Å². The first-order valence-electron chi connectivity index (χ1n) is 7.46. The fourth-order valence-electron chi connectivity index (χ4n) is 4.61. The third-order valence-electron chi connectivity index (χ3n) is 5.39. The molecule has 1 aliphatic rings. The summed E-state index contributed by atoms with van der Waals surface area (Å²) in [5, 5.41) is 12.9. The summed E-state index contributed by atoms with van der Waals surface area (Å²) in [5.41, 5.74) is 2.89. The van der Waals surface area contributed by atoms with Gasteiger partial charge in [0.2, 0.25) is 0 Å². The Morgan fingerprint density at radius 3 is 1.71 bits per heavy atom. The molecule has 0 aliphatic heterocycles. The molecule has 0 N–H and O–H groups in total. The minimum absolute atomic E-state index is 0. The summed E-state index contributed by atoms with van der Waals surface area (Å²) in [6, 6.07) is 6.73. The smallest absolute Gasteiger partial charge is 0.147 e. The molecular formula is C18H31Cl2Ti. The predicted octanol–water partition coefficient (Wildman–Crippen LogP) is 6.62. The minimum atomic E-state index is -3.89. The Balaban J connectivity index is 0.00000200. The average molecular weight is 366 g/mol. The Kier molecular flexibility index (Phi) is 4.51. The molecule has 1 aliphatic carbocycles. The van der Waals surface area contributed by atoms with Crippen molar-refractivity contribution < 1.29 is 12.7 Å². The molecule has 0 nitrogen and oxygen atoms in total. The van der Waals surface area contributed by atoms with E-state index in [-0.39, 0.29) is 24.8 Å². The zero-order chi connectivity index (χ0) is 14.6. The number of hydrogen-bond acceptors (Lipinski definition) is 0. The van der Waals surface area contributed by atoms with Gasteiger partial charge in [-0.25, -0.2) is 0 Å². The zero-order valence-electron chi connectivity index (χ0n) is 14.5. The van der Waals surface area contributed by atoms with Gasteiger partial charge in [-0.15, -0.1) is 24.8 Å². The van der Waals surface area contributed by atoms with Gasteiger partial charge in [0.05, 0.1) is 0 Å². The first-order chi connectivity index (χ1) is 8.28. The number of halogens is 2. The van der Waals surface area contributed by atoms with E-state index in [1.807, 2.05) is 0 Å². The maximum absolute atomic E-state index is 3.89. The Morgan fingerprint density at radius 2 is 1.33 bits per heavy atom. The largest absolute Gasteiger partial charge is 0.147 e. The maximum Gasteiger partial charge on any atom is -0.147 e. The molecule has 0 saturated heterocycles. The normalized spacial score (nSPS) is 19.2. The molecule has 21 heavy (non-hydrogen) atoms. The molecule has 0 aromatic heterocycles. The van der Waals surface area contributed by atoms with E-state index in [1.54, 1.807) is 7.75 Å². The van der Waals surface area contributed by atoms with Crippen molar-refractivity contribution in [1.29, 1.82) is 0 Å². The van der Waals surface area contributed by atoms with Crippen molar-refractivity contribution in [3.8, 4) is 0 Å². The summed E-state index contributed by atoms with van der Waals surface area (Å²) < 4.78 is 3.27. The summed E-state index contributed by atoms with van der Waals surface area (Å²) in [5.74, 6) is 0. The van der Waals surface area contributed by atoms with Gasteiger partial charge in [-0.1, -0.05) is 0 Å². The second-order valence-corrected chi connectivity index (χ2v) is 36.8. The molecule has 3 heteroatoms. The molecule has 0 atom stereocenters. The van der Waals surface area contributed by atoms with E-state index >= 15 is 0 Å². The summed E-state index contributed by atoms with van der Waals surface area (Å²) in [7, 11) is 0. The predicted molar refractivity (Wildman–Crippen MR) is 101 cm³/mol. The van der Waals surface area contributed by atoms with Crippen LogP contribution in [0, 0.1) is 13.8 Å².